The van der Waals surface area contributed by atoms with Crippen LogP contribution in [-0.4, -0.2) is 23.4 Å². The van der Waals surface area contributed by atoms with E-state index < -0.39 is 4.92 Å². The Labute approximate surface area is 178 Å². The summed E-state index contributed by atoms with van der Waals surface area (Å²) in [4.78, 5) is 34.7. The second kappa shape index (κ2) is 10.4. The first-order valence-corrected chi connectivity index (χ1v) is 9.51. The summed E-state index contributed by atoms with van der Waals surface area (Å²) in [6.45, 7) is 0.246. The Kier molecular flexibility index (Phi) is 7.15. The lowest BCUT2D eigenvalue weighted by Crippen LogP contribution is -2.19. The lowest BCUT2D eigenvalue weighted by molar-refractivity contribution is -0.384. The van der Waals surface area contributed by atoms with E-state index in [4.69, 9.17) is 0 Å². The van der Waals surface area contributed by atoms with Crippen molar-refractivity contribution in [2.24, 2.45) is 0 Å². The summed E-state index contributed by atoms with van der Waals surface area (Å²) < 4.78 is 0. The van der Waals surface area contributed by atoms with Crippen LogP contribution >= 0.6 is 0 Å². The average Bonchev–Trinajstić information content (AvgIpc) is 2.76. The summed E-state index contributed by atoms with van der Waals surface area (Å²) in [5, 5.41) is 22.1. The SMILES string of the molecule is O=C(CCNc1ccccc1[N+](=O)[O-])Nc1ccc(NC(=O)Nc2ccccc2)cc1. The van der Waals surface area contributed by atoms with Crippen molar-refractivity contribution in [3.05, 3.63) is 89.0 Å². The number of carbonyl (C=O) groups is 2. The van der Waals surface area contributed by atoms with Gasteiger partial charge in [0.05, 0.1) is 4.92 Å². The lowest BCUT2D eigenvalue weighted by atomic mass is 10.2. The first kappa shape index (κ1) is 21.3. The Balaban J connectivity index is 1.44. The van der Waals surface area contributed by atoms with Crippen LogP contribution in [0.1, 0.15) is 6.42 Å². The van der Waals surface area contributed by atoms with E-state index >= 15 is 0 Å². The van der Waals surface area contributed by atoms with Gasteiger partial charge in [-0.2, -0.15) is 0 Å². The van der Waals surface area contributed by atoms with E-state index in [0.29, 0.717) is 22.7 Å². The molecule has 0 aliphatic carbocycles. The van der Waals surface area contributed by atoms with E-state index in [1.54, 1.807) is 54.6 Å². The lowest BCUT2D eigenvalue weighted by Gasteiger charge is -2.10. The predicted molar refractivity (Wildman–Crippen MR) is 120 cm³/mol. The van der Waals surface area contributed by atoms with Gasteiger partial charge in [-0.25, -0.2) is 4.79 Å². The van der Waals surface area contributed by atoms with Crippen LogP contribution < -0.4 is 21.3 Å². The first-order chi connectivity index (χ1) is 15.0. The van der Waals surface area contributed by atoms with Gasteiger partial charge in [-0.15, -0.1) is 0 Å². The van der Waals surface area contributed by atoms with Crippen LogP contribution in [0.15, 0.2) is 78.9 Å². The molecular weight excluding hydrogens is 398 g/mol. The molecule has 0 aliphatic rings. The highest BCUT2D eigenvalue weighted by Gasteiger charge is 2.12. The van der Waals surface area contributed by atoms with Crippen molar-refractivity contribution >= 4 is 40.4 Å². The molecule has 0 saturated heterocycles. The van der Waals surface area contributed by atoms with Crippen LogP contribution in [0.25, 0.3) is 0 Å². The number of amides is 3. The maximum Gasteiger partial charge on any atom is 0.323 e. The van der Waals surface area contributed by atoms with Crippen molar-refractivity contribution in [2.75, 3.05) is 27.8 Å². The van der Waals surface area contributed by atoms with Gasteiger partial charge in [-0.3, -0.25) is 14.9 Å². The number of rotatable bonds is 8. The number of hydrogen-bond donors (Lipinski definition) is 4. The van der Waals surface area contributed by atoms with Gasteiger partial charge in [-0.05, 0) is 42.5 Å². The van der Waals surface area contributed by atoms with E-state index in [0.717, 1.165) is 0 Å². The Morgan fingerprint density at radius 3 is 1.94 bits per heavy atom. The van der Waals surface area contributed by atoms with Gasteiger partial charge in [0, 0.05) is 36.1 Å². The smallest absolute Gasteiger partial charge is 0.323 e. The molecule has 0 bridgehead atoms. The normalized spacial score (nSPS) is 10.1. The summed E-state index contributed by atoms with van der Waals surface area (Å²) in [6.07, 6.45) is 0.130. The maximum atomic E-state index is 12.1. The topological polar surface area (TPSA) is 125 Å². The van der Waals surface area contributed by atoms with Crippen LogP contribution in [0, 0.1) is 10.1 Å². The third-order valence-corrected chi connectivity index (χ3v) is 4.23. The third-order valence-electron chi connectivity index (χ3n) is 4.23. The minimum atomic E-state index is -0.474. The molecule has 0 radical (unpaired) electrons. The van der Waals surface area contributed by atoms with E-state index in [-0.39, 0.29) is 30.6 Å². The Bertz CT molecular complexity index is 1060. The summed E-state index contributed by atoms with van der Waals surface area (Å²) in [7, 11) is 0. The number of anilines is 4. The molecule has 9 heteroatoms. The fraction of sp³-hybridized carbons (Fsp3) is 0.0909. The van der Waals surface area contributed by atoms with Crippen molar-refractivity contribution in [3.63, 3.8) is 0 Å². The molecule has 0 spiro atoms. The molecule has 3 aromatic rings. The Morgan fingerprint density at radius 2 is 1.29 bits per heavy atom. The maximum absolute atomic E-state index is 12.1. The standard InChI is InChI=1S/C22H21N5O4/c28-21(14-15-23-19-8-4-5-9-20(19)27(30)31)24-17-10-12-18(13-11-17)26-22(29)25-16-6-2-1-3-7-16/h1-13,23H,14-15H2,(H,24,28)(H2,25,26,29). The van der Waals surface area contributed by atoms with Gasteiger partial charge in [0.15, 0.2) is 0 Å². The average molecular weight is 419 g/mol. The molecule has 158 valence electrons. The molecule has 0 aliphatic heterocycles. The second-order valence-electron chi connectivity index (χ2n) is 6.52. The summed E-state index contributed by atoms with van der Waals surface area (Å²) in [5.41, 5.74) is 2.15. The highest BCUT2D eigenvalue weighted by molar-refractivity contribution is 6.00. The summed E-state index contributed by atoms with van der Waals surface area (Å²) in [5.74, 6) is -0.242. The molecule has 0 aromatic heterocycles. The molecule has 0 heterocycles. The van der Waals surface area contributed by atoms with Gasteiger partial charge >= 0.3 is 6.03 Å². The molecule has 0 fully saturated rings. The molecule has 31 heavy (non-hydrogen) atoms. The minimum Gasteiger partial charge on any atom is -0.379 e. The van der Waals surface area contributed by atoms with Crippen LogP contribution in [0.4, 0.5) is 33.2 Å². The number of carbonyl (C=O) groups excluding carboxylic acids is 2. The molecule has 3 amide bonds. The highest BCUT2D eigenvalue weighted by atomic mass is 16.6. The van der Waals surface area contributed by atoms with Gasteiger partial charge in [0.1, 0.15) is 5.69 Å². The molecule has 4 N–H and O–H groups in total. The number of nitrogens with one attached hydrogen (secondary N) is 4. The number of nitrogens with zero attached hydrogens (tertiary/aromatic N) is 1. The van der Waals surface area contributed by atoms with Crippen LogP contribution in [0.5, 0.6) is 0 Å². The second-order valence-corrected chi connectivity index (χ2v) is 6.52. The van der Waals surface area contributed by atoms with Gasteiger partial charge in [0.2, 0.25) is 5.91 Å². The van der Waals surface area contributed by atoms with Crippen molar-refractivity contribution < 1.29 is 14.5 Å². The van der Waals surface area contributed by atoms with Crippen molar-refractivity contribution in [3.8, 4) is 0 Å². The van der Waals surface area contributed by atoms with Gasteiger partial charge in [-0.1, -0.05) is 30.3 Å². The Morgan fingerprint density at radius 1 is 0.742 bits per heavy atom. The molecule has 3 aromatic carbocycles. The number of benzene rings is 3. The highest BCUT2D eigenvalue weighted by Crippen LogP contribution is 2.23. The largest absolute Gasteiger partial charge is 0.379 e. The number of nitro groups is 1. The molecule has 0 saturated carbocycles. The molecule has 0 unspecified atom stereocenters. The summed E-state index contributed by atoms with van der Waals surface area (Å²) in [6, 6.07) is 21.6. The van der Waals surface area contributed by atoms with E-state index in [1.165, 1.54) is 6.07 Å². The predicted octanol–water partition coefficient (Wildman–Crippen LogP) is 4.68. The molecule has 3 rings (SSSR count). The third kappa shape index (κ3) is 6.57. The van der Waals surface area contributed by atoms with Crippen LogP contribution in [-0.2, 0) is 4.79 Å². The zero-order valence-corrected chi connectivity index (χ0v) is 16.5. The number of nitro benzene ring substituents is 1. The van der Waals surface area contributed by atoms with Crippen molar-refractivity contribution in [2.45, 2.75) is 6.42 Å². The first-order valence-electron chi connectivity index (χ1n) is 9.51. The van der Waals surface area contributed by atoms with E-state index in [9.17, 15) is 19.7 Å². The fourth-order valence-electron chi connectivity index (χ4n) is 2.77. The number of urea groups is 1. The van der Waals surface area contributed by atoms with Gasteiger partial charge in [0.25, 0.3) is 5.69 Å². The van der Waals surface area contributed by atoms with Crippen molar-refractivity contribution in [1.29, 1.82) is 0 Å². The molecule has 0 atom stereocenters. The number of para-hydroxylation sites is 3. The van der Waals surface area contributed by atoms with E-state index in [1.807, 2.05) is 18.2 Å². The summed E-state index contributed by atoms with van der Waals surface area (Å²) >= 11 is 0. The quantitative estimate of drug-likeness (QED) is 0.312. The van der Waals surface area contributed by atoms with Gasteiger partial charge < -0.3 is 21.3 Å². The van der Waals surface area contributed by atoms with E-state index in [2.05, 4.69) is 21.3 Å². The molecular formula is C22H21N5O4. The fourth-order valence-corrected chi connectivity index (χ4v) is 2.77. The monoisotopic (exact) mass is 419 g/mol. The van der Waals surface area contributed by atoms with Crippen LogP contribution in [0.3, 0.4) is 0 Å². The minimum absolute atomic E-state index is 0.0395. The molecule has 9 nitrogen and oxygen atoms in total. The zero-order chi connectivity index (χ0) is 22.1. The van der Waals surface area contributed by atoms with Crippen molar-refractivity contribution in [1.82, 2.24) is 0 Å². The van der Waals surface area contributed by atoms with Crippen LogP contribution in [0.2, 0.25) is 0 Å². The zero-order valence-electron chi connectivity index (χ0n) is 16.5. The number of hydrogen-bond acceptors (Lipinski definition) is 5. The Hall–Kier alpha value is -4.40.